The highest BCUT2D eigenvalue weighted by atomic mass is 79.9. The molecule has 3 heterocycles. The van der Waals surface area contributed by atoms with Crippen LogP contribution in [0.1, 0.15) is 36.5 Å². The van der Waals surface area contributed by atoms with E-state index in [0.717, 1.165) is 10.5 Å². The van der Waals surface area contributed by atoms with Crippen LogP contribution in [0.4, 0.5) is 13.2 Å². The molecule has 3 aromatic rings. The minimum atomic E-state index is -4.67. The molecule has 0 saturated carbocycles. The van der Waals surface area contributed by atoms with Crippen molar-refractivity contribution in [3.63, 3.8) is 0 Å². The number of nitrogens with zero attached hydrogens (tertiary/aromatic N) is 3. The summed E-state index contributed by atoms with van der Waals surface area (Å²) >= 11 is 7.74. The van der Waals surface area contributed by atoms with Crippen LogP contribution in [0.3, 0.4) is 0 Å². The van der Waals surface area contributed by atoms with Crippen LogP contribution < -0.4 is 5.32 Å². The van der Waals surface area contributed by atoms with Crippen LogP contribution in [0.25, 0.3) is 16.2 Å². The monoisotopic (exact) mass is 524 g/mol. The van der Waals surface area contributed by atoms with Gasteiger partial charge in [-0.15, -0.1) is 11.3 Å². The lowest BCUT2D eigenvalue weighted by molar-refractivity contribution is -0.142. The number of hydrogen-bond acceptors (Lipinski definition) is 4. The largest absolute Gasteiger partial charge is 0.433 e. The lowest BCUT2D eigenvalue weighted by Gasteiger charge is -2.10. The average Bonchev–Trinajstić information content (AvgIpc) is 3.17. The number of carbonyl (C=O) groups is 1. The summed E-state index contributed by atoms with van der Waals surface area (Å²) in [5.41, 5.74) is -1.06. The summed E-state index contributed by atoms with van der Waals surface area (Å²) in [7, 11) is 0. The predicted molar refractivity (Wildman–Crippen MR) is 104 cm³/mol. The molecule has 144 valence electrons. The Labute approximate surface area is 173 Å². The van der Waals surface area contributed by atoms with Crippen LogP contribution in [0, 0.1) is 0 Å². The van der Waals surface area contributed by atoms with Gasteiger partial charge in [0.1, 0.15) is 0 Å². The summed E-state index contributed by atoms with van der Waals surface area (Å²) < 4.78 is 42.4. The van der Waals surface area contributed by atoms with E-state index in [1.807, 2.05) is 6.92 Å². The SMILES string of the molecule is CC[C@H](C)NC(=O)c1nn2c(C(F)(F)F)cc(-c3cc(Br)cs3)nc2c1Br. The maximum Gasteiger partial charge on any atom is 0.433 e. The lowest BCUT2D eigenvalue weighted by Crippen LogP contribution is -2.32. The molecular weight excluding hydrogens is 513 g/mol. The van der Waals surface area contributed by atoms with Crippen molar-refractivity contribution in [1.82, 2.24) is 19.9 Å². The fourth-order valence-corrected chi connectivity index (χ4v) is 4.21. The molecule has 27 heavy (non-hydrogen) atoms. The smallest absolute Gasteiger partial charge is 0.348 e. The number of carbonyl (C=O) groups excluding carboxylic acids is 1. The van der Waals surface area contributed by atoms with Gasteiger partial charge in [-0.25, -0.2) is 9.50 Å². The number of thiophene rings is 1. The minimum Gasteiger partial charge on any atom is -0.348 e. The summed E-state index contributed by atoms with van der Waals surface area (Å²) in [5.74, 6) is -0.560. The van der Waals surface area contributed by atoms with Crippen molar-refractivity contribution in [3.8, 4) is 10.6 Å². The molecule has 0 aromatic carbocycles. The summed E-state index contributed by atoms with van der Waals surface area (Å²) in [6, 6.07) is 2.48. The Morgan fingerprint density at radius 1 is 1.37 bits per heavy atom. The van der Waals surface area contributed by atoms with Crippen molar-refractivity contribution < 1.29 is 18.0 Å². The van der Waals surface area contributed by atoms with E-state index >= 15 is 0 Å². The topological polar surface area (TPSA) is 59.3 Å². The first kappa shape index (κ1) is 20.3. The Kier molecular flexibility index (Phi) is 5.64. The lowest BCUT2D eigenvalue weighted by atomic mass is 10.2. The van der Waals surface area contributed by atoms with E-state index in [4.69, 9.17) is 0 Å². The minimum absolute atomic E-state index is 0.0707. The zero-order valence-electron chi connectivity index (χ0n) is 14.1. The Morgan fingerprint density at radius 3 is 2.63 bits per heavy atom. The normalized spacial score (nSPS) is 13.1. The van der Waals surface area contributed by atoms with E-state index in [1.54, 1.807) is 18.4 Å². The molecule has 0 spiro atoms. The van der Waals surface area contributed by atoms with Crippen molar-refractivity contribution in [1.29, 1.82) is 0 Å². The number of alkyl halides is 3. The second kappa shape index (κ2) is 7.51. The van der Waals surface area contributed by atoms with Crippen LogP contribution in [-0.2, 0) is 6.18 Å². The van der Waals surface area contributed by atoms with Gasteiger partial charge in [-0.05, 0) is 57.3 Å². The highest BCUT2D eigenvalue weighted by Gasteiger charge is 2.36. The zero-order valence-corrected chi connectivity index (χ0v) is 18.1. The quantitative estimate of drug-likeness (QED) is 0.487. The van der Waals surface area contributed by atoms with Crippen molar-refractivity contribution >= 4 is 54.8 Å². The first-order chi connectivity index (χ1) is 12.6. The standard InChI is InChI=1S/C16H13Br2F3N4OS/c1-3-7(2)22-15(26)13-12(18)14-23-9(10-4-8(17)6-27-10)5-11(16(19,20)21)25(14)24-13/h4-7H,3H2,1-2H3,(H,22,26)/t7-/m0/s1. The molecule has 11 heteroatoms. The fourth-order valence-electron chi connectivity index (χ4n) is 2.31. The van der Waals surface area contributed by atoms with Crippen LogP contribution in [0.15, 0.2) is 26.5 Å². The van der Waals surface area contributed by atoms with Crippen molar-refractivity contribution in [3.05, 3.63) is 37.8 Å². The molecule has 1 amide bonds. The molecule has 0 unspecified atom stereocenters. The van der Waals surface area contributed by atoms with Gasteiger partial charge < -0.3 is 5.32 Å². The molecular formula is C16H13Br2F3N4OS. The van der Waals surface area contributed by atoms with E-state index in [1.165, 1.54) is 11.3 Å². The molecule has 0 saturated heterocycles. The summed E-state index contributed by atoms with van der Waals surface area (Å²) in [5, 5.41) is 8.33. The number of aromatic nitrogens is 3. The second-order valence-electron chi connectivity index (χ2n) is 5.83. The van der Waals surface area contributed by atoms with Gasteiger partial charge >= 0.3 is 6.18 Å². The number of rotatable bonds is 4. The van der Waals surface area contributed by atoms with Gasteiger partial charge in [-0.2, -0.15) is 18.3 Å². The summed E-state index contributed by atoms with van der Waals surface area (Å²) in [4.78, 5) is 17.3. The molecule has 0 aliphatic heterocycles. The van der Waals surface area contributed by atoms with Crippen LogP contribution in [-0.4, -0.2) is 26.5 Å². The third-order valence-electron chi connectivity index (χ3n) is 3.85. The van der Waals surface area contributed by atoms with Gasteiger partial charge in [0, 0.05) is 15.9 Å². The van der Waals surface area contributed by atoms with E-state index in [9.17, 15) is 18.0 Å². The Balaban J connectivity index is 2.21. The average molecular weight is 526 g/mol. The van der Waals surface area contributed by atoms with E-state index in [-0.39, 0.29) is 27.5 Å². The van der Waals surface area contributed by atoms with Gasteiger partial charge in [0.15, 0.2) is 17.0 Å². The maximum absolute atomic E-state index is 13.6. The van der Waals surface area contributed by atoms with Crippen LogP contribution >= 0.6 is 43.2 Å². The summed E-state index contributed by atoms with van der Waals surface area (Å²) in [6.07, 6.45) is -3.99. The number of amides is 1. The molecule has 0 aliphatic carbocycles. The molecule has 1 N–H and O–H groups in total. The molecule has 0 fully saturated rings. The van der Waals surface area contributed by atoms with Crippen LogP contribution in [0.2, 0.25) is 0 Å². The number of nitrogens with one attached hydrogen (secondary N) is 1. The first-order valence-electron chi connectivity index (χ1n) is 7.83. The Morgan fingerprint density at radius 2 is 2.07 bits per heavy atom. The van der Waals surface area contributed by atoms with Crippen molar-refractivity contribution in [2.45, 2.75) is 32.5 Å². The third kappa shape index (κ3) is 4.04. The predicted octanol–water partition coefficient (Wildman–Crippen LogP) is 5.53. The van der Waals surface area contributed by atoms with Gasteiger partial charge in [-0.1, -0.05) is 6.92 Å². The highest BCUT2D eigenvalue weighted by Crippen LogP contribution is 2.36. The van der Waals surface area contributed by atoms with Crippen LogP contribution in [0.5, 0.6) is 0 Å². The molecule has 0 bridgehead atoms. The summed E-state index contributed by atoms with van der Waals surface area (Å²) in [6.45, 7) is 3.69. The first-order valence-corrected chi connectivity index (χ1v) is 10.3. The molecule has 0 radical (unpaired) electrons. The second-order valence-corrected chi connectivity index (χ2v) is 8.45. The Hall–Kier alpha value is -1.46. The van der Waals surface area contributed by atoms with E-state index in [0.29, 0.717) is 15.8 Å². The fraction of sp³-hybridized carbons (Fsp3) is 0.312. The van der Waals surface area contributed by atoms with Gasteiger partial charge in [0.25, 0.3) is 5.91 Å². The molecule has 3 rings (SSSR count). The number of hydrogen-bond donors (Lipinski definition) is 1. The van der Waals surface area contributed by atoms with E-state index < -0.39 is 17.8 Å². The maximum atomic E-state index is 13.6. The highest BCUT2D eigenvalue weighted by molar-refractivity contribution is 9.11. The van der Waals surface area contributed by atoms with Gasteiger partial charge in [0.2, 0.25) is 0 Å². The van der Waals surface area contributed by atoms with Crippen molar-refractivity contribution in [2.75, 3.05) is 0 Å². The molecule has 1 atom stereocenters. The van der Waals surface area contributed by atoms with Gasteiger partial charge in [-0.3, -0.25) is 4.79 Å². The molecule has 3 aromatic heterocycles. The number of halogens is 5. The third-order valence-corrected chi connectivity index (χ3v) is 6.29. The van der Waals surface area contributed by atoms with E-state index in [2.05, 4.69) is 47.3 Å². The number of fused-ring (bicyclic) bond motifs is 1. The molecule has 0 aliphatic rings. The Bertz CT molecular complexity index is 1020. The van der Waals surface area contributed by atoms with Crippen molar-refractivity contribution in [2.24, 2.45) is 0 Å². The zero-order chi connectivity index (χ0) is 19.9. The van der Waals surface area contributed by atoms with Gasteiger partial charge in [0.05, 0.1) is 15.0 Å². The molecule has 5 nitrogen and oxygen atoms in total.